The second-order valence-corrected chi connectivity index (χ2v) is 6.66. The molecule has 0 spiro atoms. The van der Waals surface area contributed by atoms with Crippen molar-refractivity contribution in [2.24, 2.45) is 0 Å². The van der Waals surface area contributed by atoms with Gasteiger partial charge in [0.25, 0.3) is 0 Å². The Labute approximate surface area is 147 Å². The molecule has 134 valence electrons. The Morgan fingerprint density at radius 2 is 2.12 bits per heavy atom. The Bertz CT molecular complexity index is 718. The highest BCUT2D eigenvalue weighted by molar-refractivity contribution is 5.43. The molecule has 0 amide bonds. The van der Waals surface area contributed by atoms with Gasteiger partial charge >= 0.3 is 0 Å². The fourth-order valence-corrected chi connectivity index (χ4v) is 3.43. The number of fused-ring (bicyclic) bond motifs is 1. The first-order chi connectivity index (χ1) is 12.3. The monoisotopic (exact) mass is 344 g/mol. The van der Waals surface area contributed by atoms with E-state index in [1.807, 2.05) is 13.0 Å². The van der Waals surface area contributed by atoms with Gasteiger partial charge in [0.15, 0.2) is 17.3 Å². The molecule has 1 saturated heterocycles. The van der Waals surface area contributed by atoms with Crippen molar-refractivity contribution < 1.29 is 14.0 Å². The lowest BCUT2D eigenvalue weighted by atomic mass is 10.1. The van der Waals surface area contributed by atoms with Crippen LogP contribution in [0.15, 0.2) is 22.7 Å². The molecule has 1 aromatic carbocycles. The topological polar surface area (TPSA) is 72.7 Å². The molecule has 1 aromatic heterocycles. The highest BCUT2D eigenvalue weighted by Gasteiger charge is 2.21. The number of ether oxygens (including phenoxy) is 2. The van der Waals surface area contributed by atoms with E-state index in [2.05, 4.69) is 32.5 Å². The van der Waals surface area contributed by atoms with Gasteiger partial charge in [0.2, 0.25) is 5.89 Å². The van der Waals surface area contributed by atoms with Gasteiger partial charge in [-0.3, -0.25) is 4.90 Å². The Balaban J connectivity index is 1.30. The molecular formula is C18H24N4O3. The third-order valence-corrected chi connectivity index (χ3v) is 4.64. The Kier molecular flexibility index (Phi) is 4.85. The summed E-state index contributed by atoms with van der Waals surface area (Å²) in [6, 6.07) is 6.64. The molecule has 1 N–H and O–H groups in total. The molecule has 7 nitrogen and oxygen atoms in total. The van der Waals surface area contributed by atoms with E-state index in [-0.39, 0.29) is 0 Å². The zero-order valence-corrected chi connectivity index (χ0v) is 14.5. The van der Waals surface area contributed by atoms with E-state index in [1.165, 1.54) is 18.4 Å². The van der Waals surface area contributed by atoms with Crippen LogP contribution in [-0.2, 0) is 13.1 Å². The number of aromatic nitrogens is 2. The van der Waals surface area contributed by atoms with Gasteiger partial charge in [0.05, 0.1) is 6.54 Å². The average Bonchev–Trinajstić information content (AvgIpc) is 3.05. The van der Waals surface area contributed by atoms with Crippen molar-refractivity contribution in [2.45, 2.75) is 38.9 Å². The Morgan fingerprint density at radius 1 is 1.24 bits per heavy atom. The van der Waals surface area contributed by atoms with Crippen LogP contribution in [0.4, 0.5) is 0 Å². The minimum Gasteiger partial charge on any atom is -0.486 e. The van der Waals surface area contributed by atoms with Crippen LogP contribution in [-0.4, -0.2) is 47.4 Å². The molecule has 1 fully saturated rings. The second kappa shape index (κ2) is 7.41. The van der Waals surface area contributed by atoms with Crippen molar-refractivity contribution >= 4 is 0 Å². The number of rotatable bonds is 5. The van der Waals surface area contributed by atoms with Gasteiger partial charge in [-0.1, -0.05) is 11.2 Å². The van der Waals surface area contributed by atoms with Gasteiger partial charge < -0.3 is 19.3 Å². The van der Waals surface area contributed by atoms with E-state index in [9.17, 15) is 0 Å². The summed E-state index contributed by atoms with van der Waals surface area (Å²) in [6.07, 6.45) is 2.36. The summed E-state index contributed by atoms with van der Waals surface area (Å²) in [6.45, 7) is 6.73. The number of benzene rings is 1. The number of piperidine rings is 1. The first kappa shape index (κ1) is 16.4. The minimum atomic E-state index is 0.468. The molecular weight excluding hydrogens is 320 g/mol. The predicted molar refractivity (Wildman–Crippen MR) is 91.6 cm³/mol. The van der Waals surface area contributed by atoms with E-state index in [0.29, 0.717) is 25.1 Å². The summed E-state index contributed by atoms with van der Waals surface area (Å²) < 4.78 is 16.3. The highest BCUT2D eigenvalue weighted by atomic mass is 16.6. The fraction of sp³-hybridized carbons (Fsp3) is 0.556. The third kappa shape index (κ3) is 4.11. The normalized spacial score (nSPS) is 20.6. The number of nitrogens with one attached hydrogen (secondary N) is 1. The summed E-state index contributed by atoms with van der Waals surface area (Å²) in [5.74, 6) is 3.09. The Morgan fingerprint density at radius 3 is 2.96 bits per heavy atom. The van der Waals surface area contributed by atoms with Crippen molar-refractivity contribution in [3.8, 4) is 11.5 Å². The molecule has 0 saturated carbocycles. The molecule has 2 aromatic rings. The van der Waals surface area contributed by atoms with Crippen molar-refractivity contribution in [2.75, 3.05) is 26.3 Å². The van der Waals surface area contributed by atoms with E-state index >= 15 is 0 Å². The lowest BCUT2D eigenvalue weighted by molar-refractivity contribution is 0.170. The molecule has 25 heavy (non-hydrogen) atoms. The van der Waals surface area contributed by atoms with E-state index in [1.54, 1.807) is 0 Å². The summed E-state index contributed by atoms with van der Waals surface area (Å²) in [7, 11) is 0. The quantitative estimate of drug-likeness (QED) is 0.888. The average molecular weight is 344 g/mol. The van der Waals surface area contributed by atoms with Crippen LogP contribution in [0.2, 0.25) is 0 Å². The first-order valence-corrected chi connectivity index (χ1v) is 8.90. The number of likely N-dealkylation sites (tertiary alicyclic amines) is 1. The number of hydrogen-bond donors (Lipinski definition) is 1. The van der Waals surface area contributed by atoms with Crippen LogP contribution < -0.4 is 14.8 Å². The van der Waals surface area contributed by atoms with Gasteiger partial charge in [0, 0.05) is 26.1 Å². The summed E-state index contributed by atoms with van der Waals surface area (Å²) >= 11 is 0. The van der Waals surface area contributed by atoms with Gasteiger partial charge in [-0.2, -0.15) is 4.98 Å². The summed E-state index contributed by atoms with van der Waals surface area (Å²) in [5.41, 5.74) is 1.22. The van der Waals surface area contributed by atoms with Crippen LogP contribution in [0, 0.1) is 6.92 Å². The molecule has 0 radical (unpaired) electrons. The molecule has 2 aliphatic rings. The van der Waals surface area contributed by atoms with Gasteiger partial charge in [-0.25, -0.2) is 0 Å². The molecule has 7 heteroatoms. The number of aryl methyl sites for hydroxylation is 1. The second-order valence-electron chi connectivity index (χ2n) is 6.66. The summed E-state index contributed by atoms with van der Waals surface area (Å²) in [5, 5.41) is 7.66. The molecule has 1 unspecified atom stereocenters. The first-order valence-electron chi connectivity index (χ1n) is 8.90. The molecule has 0 aliphatic carbocycles. The van der Waals surface area contributed by atoms with E-state index < -0.39 is 0 Å². The number of nitrogens with zero attached hydrogens (tertiary/aromatic N) is 3. The van der Waals surface area contributed by atoms with Crippen molar-refractivity contribution in [1.82, 2.24) is 20.4 Å². The third-order valence-electron chi connectivity index (χ3n) is 4.64. The highest BCUT2D eigenvalue weighted by Crippen LogP contribution is 2.30. The van der Waals surface area contributed by atoms with Crippen LogP contribution in [0.1, 0.15) is 30.1 Å². The van der Waals surface area contributed by atoms with Crippen LogP contribution in [0.5, 0.6) is 11.5 Å². The molecule has 0 bridgehead atoms. The lowest BCUT2D eigenvalue weighted by Gasteiger charge is -2.32. The van der Waals surface area contributed by atoms with Crippen LogP contribution >= 0.6 is 0 Å². The van der Waals surface area contributed by atoms with Crippen molar-refractivity contribution in [1.29, 1.82) is 0 Å². The fourth-order valence-electron chi connectivity index (χ4n) is 3.43. The summed E-state index contributed by atoms with van der Waals surface area (Å²) in [4.78, 5) is 6.68. The lowest BCUT2D eigenvalue weighted by Crippen LogP contribution is -2.45. The van der Waals surface area contributed by atoms with Crippen molar-refractivity contribution in [3.05, 3.63) is 35.5 Å². The van der Waals surface area contributed by atoms with Crippen LogP contribution in [0.25, 0.3) is 0 Å². The zero-order valence-electron chi connectivity index (χ0n) is 14.5. The molecule has 2 aliphatic heterocycles. The largest absolute Gasteiger partial charge is 0.486 e. The smallest absolute Gasteiger partial charge is 0.223 e. The maximum atomic E-state index is 5.66. The number of hydrogen-bond acceptors (Lipinski definition) is 7. The SMILES string of the molecule is Cc1nc(CN2CCCC(NCc3ccc4c(c3)OCCO4)C2)no1. The molecule has 3 heterocycles. The van der Waals surface area contributed by atoms with Gasteiger partial charge in [-0.15, -0.1) is 0 Å². The maximum Gasteiger partial charge on any atom is 0.223 e. The zero-order chi connectivity index (χ0) is 17.1. The Hall–Kier alpha value is -2.12. The van der Waals surface area contributed by atoms with Gasteiger partial charge in [0.1, 0.15) is 13.2 Å². The van der Waals surface area contributed by atoms with Crippen LogP contribution in [0.3, 0.4) is 0 Å². The predicted octanol–water partition coefficient (Wildman–Crippen LogP) is 1.90. The van der Waals surface area contributed by atoms with Gasteiger partial charge in [-0.05, 0) is 37.1 Å². The molecule has 4 rings (SSSR count). The van der Waals surface area contributed by atoms with E-state index in [4.69, 9.17) is 14.0 Å². The maximum absolute atomic E-state index is 5.66. The minimum absolute atomic E-state index is 0.468. The van der Waals surface area contributed by atoms with E-state index in [0.717, 1.165) is 43.5 Å². The standard InChI is InChI=1S/C18H24N4O3/c1-13-20-18(21-25-13)12-22-6-2-3-15(11-22)19-10-14-4-5-16-17(9-14)24-8-7-23-16/h4-5,9,15,19H,2-3,6-8,10-12H2,1H3. The van der Waals surface area contributed by atoms with Crippen molar-refractivity contribution in [3.63, 3.8) is 0 Å². The molecule has 1 atom stereocenters.